The molecule has 0 saturated heterocycles. The van der Waals surface area contributed by atoms with Gasteiger partial charge in [0.2, 0.25) is 0 Å². The third-order valence-corrected chi connectivity index (χ3v) is 1.89. The summed E-state index contributed by atoms with van der Waals surface area (Å²) in [6.45, 7) is 4.89. The number of nitrogens with one attached hydrogen (secondary N) is 1. The van der Waals surface area contributed by atoms with E-state index in [4.69, 9.17) is 5.73 Å². The second-order valence-electron chi connectivity index (χ2n) is 4.34. The number of hydrogen-bond donors (Lipinski definition) is 2. The van der Waals surface area contributed by atoms with E-state index >= 15 is 0 Å². The van der Waals surface area contributed by atoms with Crippen molar-refractivity contribution in [1.82, 2.24) is 5.32 Å². The second-order valence-corrected chi connectivity index (χ2v) is 4.34. The summed E-state index contributed by atoms with van der Waals surface area (Å²) in [7, 11) is 0. The molecule has 0 bridgehead atoms. The van der Waals surface area contributed by atoms with Crippen LogP contribution < -0.4 is 11.1 Å². The first-order chi connectivity index (χ1) is 6.88. The average molecular weight is 214 g/mol. The van der Waals surface area contributed by atoms with Crippen LogP contribution in [0.4, 0.5) is 8.78 Å². The molecule has 0 spiro atoms. The van der Waals surface area contributed by atoms with Crippen LogP contribution in [0.1, 0.15) is 19.4 Å². The van der Waals surface area contributed by atoms with Gasteiger partial charge in [-0.25, -0.2) is 8.78 Å². The van der Waals surface area contributed by atoms with E-state index in [1.165, 1.54) is 6.07 Å². The summed E-state index contributed by atoms with van der Waals surface area (Å²) in [6, 6.07) is 3.86. The van der Waals surface area contributed by atoms with Gasteiger partial charge in [0, 0.05) is 18.6 Å². The summed E-state index contributed by atoms with van der Waals surface area (Å²) in [6.07, 6.45) is 0. The van der Waals surface area contributed by atoms with Gasteiger partial charge in [-0.15, -0.1) is 0 Å². The Kier molecular flexibility index (Phi) is 3.77. The van der Waals surface area contributed by atoms with Gasteiger partial charge in [0.1, 0.15) is 0 Å². The molecule has 0 aromatic heterocycles. The zero-order chi connectivity index (χ0) is 11.5. The van der Waals surface area contributed by atoms with E-state index in [1.54, 1.807) is 6.07 Å². The van der Waals surface area contributed by atoms with Crippen LogP contribution in [0.25, 0.3) is 0 Å². The number of hydrogen-bond acceptors (Lipinski definition) is 2. The Morgan fingerprint density at radius 2 is 1.93 bits per heavy atom. The maximum absolute atomic E-state index is 12.8. The molecule has 0 atom stereocenters. The molecule has 0 heterocycles. The lowest BCUT2D eigenvalue weighted by Crippen LogP contribution is -2.42. The lowest BCUT2D eigenvalue weighted by Gasteiger charge is -2.18. The Hall–Kier alpha value is -1.00. The largest absolute Gasteiger partial charge is 0.324 e. The molecular weight excluding hydrogens is 198 g/mol. The van der Waals surface area contributed by atoms with Gasteiger partial charge in [-0.05, 0) is 31.5 Å². The van der Waals surface area contributed by atoms with Crippen molar-refractivity contribution in [1.29, 1.82) is 0 Å². The fourth-order valence-corrected chi connectivity index (χ4v) is 1.18. The molecule has 2 nitrogen and oxygen atoms in total. The van der Waals surface area contributed by atoms with Crippen molar-refractivity contribution in [2.24, 2.45) is 5.73 Å². The summed E-state index contributed by atoms with van der Waals surface area (Å²) >= 11 is 0. The zero-order valence-corrected chi connectivity index (χ0v) is 8.98. The minimum atomic E-state index is -0.821. The Morgan fingerprint density at radius 3 is 2.47 bits per heavy atom. The third kappa shape index (κ3) is 4.36. The van der Waals surface area contributed by atoms with E-state index in [1.807, 2.05) is 13.8 Å². The highest BCUT2D eigenvalue weighted by Gasteiger charge is 2.09. The first-order valence-electron chi connectivity index (χ1n) is 4.82. The Balaban J connectivity index is 2.48. The summed E-state index contributed by atoms with van der Waals surface area (Å²) in [4.78, 5) is 0. The molecular formula is C11H16F2N2. The zero-order valence-electron chi connectivity index (χ0n) is 8.98. The molecule has 0 aliphatic carbocycles. The first-order valence-corrected chi connectivity index (χ1v) is 4.82. The van der Waals surface area contributed by atoms with Crippen LogP contribution in [-0.2, 0) is 6.54 Å². The molecule has 1 rings (SSSR count). The van der Waals surface area contributed by atoms with E-state index in [0.717, 1.165) is 6.07 Å². The van der Waals surface area contributed by atoms with Crippen LogP contribution in [0, 0.1) is 11.6 Å². The molecule has 15 heavy (non-hydrogen) atoms. The van der Waals surface area contributed by atoms with Crippen molar-refractivity contribution in [2.45, 2.75) is 25.9 Å². The number of benzene rings is 1. The highest BCUT2D eigenvalue weighted by Crippen LogP contribution is 2.08. The molecule has 0 aliphatic heterocycles. The van der Waals surface area contributed by atoms with Crippen molar-refractivity contribution < 1.29 is 8.78 Å². The SMILES string of the molecule is CC(C)(N)CNCc1ccc(F)c(F)c1. The first kappa shape index (κ1) is 12.1. The summed E-state index contributed by atoms with van der Waals surface area (Å²) in [5, 5.41) is 3.07. The molecule has 0 saturated carbocycles. The summed E-state index contributed by atoms with van der Waals surface area (Å²) in [5.74, 6) is -1.64. The fraction of sp³-hybridized carbons (Fsp3) is 0.455. The van der Waals surface area contributed by atoms with E-state index in [0.29, 0.717) is 18.7 Å². The highest BCUT2D eigenvalue weighted by atomic mass is 19.2. The third-order valence-electron chi connectivity index (χ3n) is 1.89. The monoisotopic (exact) mass is 214 g/mol. The molecule has 0 amide bonds. The summed E-state index contributed by atoms with van der Waals surface area (Å²) < 4.78 is 25.4. The molecule has 4 heteroatoms. The fourth-order valence-electron chi connectivity index (χ4n) is 1.18. The number of nitrogens with two attached hydrogens (primary N) is 1. The minimum Gasteiger partial charge on any atom is -0.324 e. The Labute approximate surface area is 88.5 Å². The highest BCUT2D eigenvalue weighted by molar-refractivity contribution is 5.17. The Morgan fingerprint density at radius 1 is 1.27 bits per heavy atom. The molecule has 0 aliphatic rings. The molecule has 3 N–H and O–H groups in total. The minimum absolute atomic E-state index is 0.307. The normalized spacial score (nSPS) is 11.8. The van der Waals surface area contributed by atoms with Gasteiger partial charge in [-0.1, -0.05) is 6.07 Å². The maximum Gasteiger partial charge on any atom is 0.159 e. The quantitative estimate of drug-likeness (QED) is 0.802. The predicted octanol–water partition coefficient (Wildman–Crippen LogP) is 1.79. The lowest BCUT2D eigenvalue weighted by molar-refractivity contribution is 0.464. The van der Waals surface area contributed by atoms with Gasteiger partial charge in [-0.2, -0.15) is 0 Å². The molecule has 0 fully saturated rings. The number of halogens is 2. The molecule has 1 aromatic carbocycles. The van der Waals surface area contributed by atoms with Crippen LogP contribution in [0.15, 0.2) is 18.2 Å². The van der Waals surface area contributed by atoms with Crippen molar-refractivity contribution >= 4 is 0 Å². The van der Waals surface area contributed by atoms with Crippen molar-refractivity contribution in [3.8, 4) is 0 Å². The van der Waals surface area contributed by atoms with Crippen LogP contribution in [0.3, 0.4) is 0 Å². The van der Waals surface area contributed by atoms with Crippen LogP contribution >= 0.6 is 0 Å². The smallest absolute Gasteiger partial charge is 0.159 e. The van der Waals surface area contributed by atoms with Gasteiger partial charge < -0.3 is 11.1 Å². The molecule has 0 unspecified atom stereocenters. The lowest BCUT2D eigenvalue weighted by atomic mass is 10.1. The van der Waals surface area contributed by atoms with E-state index in [-0.39, 0.29) is 5.54 Å². The van der Waals surface area contributed by atoms with Gasteiger partial charge in [0.25, 0.3) is 0 Å². The van der Waals surface area contributed by atoms with Crippen LogP contribution in [-0.4, -0.2) is 12.1 Å². The summed E-state index contributed by atoms with van der Waals surface area (Å²) in [5.41, 5.74) is 6.16. The van der Waals surface area contributed by atoms with Crippen molar-refractivity contribution in [3.05, 3.63) is 35.4 Å². The Bertz CT molecular complexity index is 332. The predicted molar refractivity (Wildman–Crippen MR) is 56.3 cm³/mol. The standard InChI is InChI=1S/C11H16F2N2/c1-11(2,14)7-15-6-8-3-4-9(12)10(13)5-8/h3-5,15H,6-7,14H2,1-2H3. The molecule has 0 radical (unpaired) electrons. The number of rotatable bonds is 4. The van der Waals surface area contributed by atoms with Crippen molar-refractivity contribution in [2.75, 3.05) is 6.54 Å². The van der Waals surface area contributed by atoms with Gasteiger partial charge in [-0.3, -0.25) is 0 Å². The van der Waals surface area contributed by atoms with Crippen LogP contribution in [0.5, 0.6) is 0 Å². The molecule has 1 aromatic rings. The second kappa shape index (κ2) is 4.68. The van der Waals surface area contributed by atoms with Gasteiger partial charge >= 0.3 is 0 Å². The molecule has 84 valence electrons. The van der Waals surface area contributed by atoms with Gasteiger partial charge in [0.05, 0.1) is 0 Å². The van der Waals surface area contributed by atoms with E-state index in [9.17, 15) is 8.78 Å². The maximum atomic E-state index is 12.8. The average Bonchev–Trinajstić information content (AvgIpc) is 2.09. The van der Waals surface area contributed by atoms with E-state index < -0.39 is 11.6 Å². The topological polar surface area (TPSA) is 38.0 Å². The van der Waals surface area contributed by atoms with Gasteiger partial charge in [0.15, 0.2) is 11.6 Å². The van der Waals surface area contributed by atoms with E-state index in [2.05, 4.69) is 5.32 Å². The van der Waals surface area contributed by atoms with Crippen LogP contribution in [0.2, 0.25) is 0 Å². The van der Waals surface area contributed by atoms with Crippen molar-refractivity contribution in [3.63, 3.8) is 0 Å².